The van der Waals surface area contributed by atoms with Crippen LogP contribution in [0.15, 0.2) is 36.5 Å². The fourth-order valence-electron chi connectivity index (χ4n) is 10.3. The summed E-state index contributed by atoms with van der Waals surface area (Å²) in [6.07, 6.45) is 78.4. The second-order valence-corrected chi connectivity index (χ2v) is 25.9. The molecule has 1 amide bonds. The average molecular weight is 1110 g/mol. The van der Waals surface area contributed by atoms with Crippen molar-refractivity contribution in [3.05, 3.63) is 36.5 Å². The maximum absolute atomic E-state index is 13.0. The predicted octanol–water partition coefficient (Wildman–Crippen LogP) is 20.6. The van der Waals surface area contributed by atoms with Crippen LogP contribution in [0.25, 0.3) is 0 Å². The van der Waals surface area contributed by atoms with Gasteiger partial charge in [0.2, 0.25) is 5.91 Å². The number of allylic oxidation sites excluding steroid dienone is 5. The molecule has 0 aromatic carbocycles. The SMILES string of the molecule is CCCCCCCCCCCCCC/C=C\CCCCCCCCCCCCCCCCCCCC(=O)NC(COP(=O)([O-])OCC[N+](C)(C)C)C(O)/C=C/CC/C=C/CCCCCCCCCCCCCCCCCC. The first-order chi connectivity index (χ1) is 37.5. The molecule has 77 heavy (non-hydrogen) atoms. The summed E-state index contributed by atoms with van der Waals surface area (Å²) in [6, 6.07) is -0.903. The average Bonchev–Trinajstić information content (AvgIpc) is 3.39. The molecule has 2 N–H and O–H groups in total. The number of rotatable bonds is 63. The Kier molecular flexibility index (Phi) is 58.4. The molecule has 0 bridgehead atoms. The molecule has 0 aliphatic carbocycles. The van der Waals surface area contributed by atoms with E-state index in [9.17, 15) is 19.4 Å². The summed E-state index contributed by atoms with van der Waals surface area (Å²) in [7, 11) is 1.26. The number of carbonyl (C=O) groups excluding carboxylic acids is 1. The van der Waals surface area contributed by atoms with Crippen LogP contribution in [-0.4, -0.2) is 68.5 Å². The minimum absolute atomic E-state index is 0.00472. The van der Waals surface area contributed by atoms with Gasteiger partial charge in [-0.1, -0.05) is 314 Å². The van der Waals surface area contributed by atoms with Crippen molar-refractivity contribution in [2.75, 3.05) is 40.9 Å². The predicted molar refractivity (Wildman–Crippen MR) is 335 cm³/mol. The first-order valence-electron chi connectivity index (χ1n) is 33.9. The van der Waals surface area contributed by atoms with Crippen molar-refractivity contribution in [1.29, 1.82) is 0 Å². The molecule has 0 saturated heterocycles. The second kappa shape index (κ2) is 59.3. The molecule has 3 atom stereocenters. The summed E-state index contributed by atoms with van der Waals surface area (Å²) in [6.45, 7) is 4.68. The highest BCUT2D eigenvalue weighted by Gasteiger charge is 2.23. The third-order valence-electron chi connectivity index (χ3n) is 15.6. The topological polar surface area (TPSA) is 108 Å². The van der Waals surface area contributed by atoms with Gasteiger partial charge in [-0.2, -0.15) is 0 Å². The minimum Gasteiger partial charge on any atom is -0.756 e. The highest BCUT2D eigenvalue weighted by molar-refractivity contribution is 7.45. The Labute approximate surface area is 480 Å². The van der Waals surface area contributed by atoms with Crippen molar-refractivity contribution in [1.82, 2.24) is 5.32 Å². The van der Waals surface area contributed by atoms with Gasteiger partial charge in [0.15, 0.2) is 0 Å². The van der Waals surface area contributed by atoms with Gasteiger partial charge in [-0.3, -0.25) is 9.36 Å². The highest BCUT2D eigenvalue weighted by Crippen LogP contribution is 2.38. The number of phosphoric ester groups is 1. The fraction of sp³-hybridized carbons (Fsp3) is 0.897. The Morgan fingerprint density at radius 1 is 0.442 bits per heavy atom. The van der Waals surface area contributed by atoms with E-state index in [1.165, 1.54) is 283 Å². The molecule has 0 heterocycles. The Morgan fingerprint density at radius 3 is 1.05 bits per heavy atom. The molecule has 0 aliphatic heterocycles. The molecule has 9 heteroatoms. The van der Waals surface area contributed by atoms with Crippen LogP contribution in [0.1, 0.15) is 341 Å². The summed E-state index contributed by atoms with van der Waals surface area (Å²) in [5, 5.41) is 13.9. The Bertz CT molecular complexity index is 1350. The van der Waals surface area contributed by atoms with Gasteiger partial charge < -0.3 is 28.8 Å². The van der Waals surface area contributed by atoms with Gasteiger partial charge in [0.25, 0.3) is 7.82 Å². The van der Waals surface area contributed by atoms with Gasteiger partial charge in [-0.15, -0.1) is 0 Å². The number of aliphatic hydroxyl groups is 1. The van der Waals surface area contributed by atoms with E-state index in [1.807, 2.05) is 27.2 Å². The Balaban J connectivity index is 4.06. The lowest BCUT2D eigenvalue weighted by atomic mass is 10.0. The Morgan fingerprint density at radius 2 is 0.727 bits per heavy atom. The molecule has 0 radical (unpaired) electrons. The number of amides is 1. The number of carbonyl (C=O) groups is 1. The number of hydrogen-bond acceptors (Lipinski definition) is 6. The van der Waals surface area contributed by atoms with Gasteiger partial charge in [-0.25, -0.2) is 0 Å². The third kappa shape index (κ3) is 62.2. The van der Waals surface area contributed by atoms with Gasteiger partial charge in [0, 0.05) is 6.42 Å². The molecule has 0 aromatic heterocycles. The lowest BCUT2D eigenvalue weighted by Gasteiger charge is -2.29. The van der Waals surface area contributed by atoms with E-state index in [4.69, 9.17) is 9.05 Å². The summed E-state index contributed by atoms with van der Waals surface area (Å²) in [5.74, 6) is -0.201. The number of phosphoric acid groups is 1. The van der Waals surface area contributed by atoms with Crippen molar-refractivity contribution in [3.8, 4) is 0 Å². The van der Waals surface area contributed by atoms with Crippen LogP contribution in [0.2, 0.25) is 0 Å². The zero-order valence-electron chi connectivity index (χ0n) is 52.2. The molecule has 8 nitrogen and oxygen atoms in total. The number of likely N-dealkylation sites (N-methyl/N-ethyl adjacent to an activating group) is 1. The summed E-state index contributed by atoms with van der Waals surface area (Å²) < 4.78 is 23.4. The van der Waals surface area contributed by atoms with Gasteiger partial charge >= 0.3 is 0 Å². The van der Waals surface area contributed by atoms with Crippen molar-refractivity contribution in [3.63, 3.8) is 0 Å². The van der Waals surface area contributed by atoms with Crippen molar-refractivity contribution < 1.29 is 32.9 Å². The summed E-state index contributed by atoms with van der Waals surface area (Å²) >= 11 is 0. The fourth-order valence-corrected chi connectivity index (χ4v) is 11.0. The lowest BCUT2D eigenvalue weighted by molar-refractivity contribution is -0.870. The van der Waals surface area contributed by atoms with E-state index in [2.05, 4.69) is 43.5 Å². The number of nitrogens with zero attached hydrogens (tertiary/aromatic N) is 1. The van der Waals surface area contributed by atoms with E-state index in [0.29, 0.717) is 17.4 Å². The summed E-state index contributed by atoms with van der Waals surface area (Å²) in [5.41, 5.74) is 0. The summed E-state index contributed by atoms with van der Waals surface area (Å²) in [4.78, 5) is 25.6. The lowest BCUT2D eigenvalue weighted by Crippen LogP contribution is -2.45. The number of nitrogens with one attached hydrogen (secondary N) is 1. The van der Waals surface area contributed by atoms with E-state index in [0.717, 1.165) is 38.5 Å². The van der Waals surface area contributed by atoms with Crippen LogP contribution in [-0.2, 0) is 18.4 Å². The van der Waals surface area contributed by atoms with Crippen molar-refractivity contribution >= 4 is 13.7 Å². The molecule has 0 fully saturated rings. The van der Waals surface area contributed by atoms with Crippen LogP contribution in [0.3, 0.4) is 0 Å². The van der Waals surface area contributed by atoms with Crippen LogP contribution < -0.4 is 10.2 Å². The monoisotopic (exact) mass is 1100 g/mol. The zero-order chi connectivity index (χ0) is 56.3. The van der Waals surface area contributed by atoms with Crippen LogP contribution in [0, 0.1) is 0 Å². The van der Waals surface area contributed by atoms with E-state index in [1.54, 1.807) is 6.08 Å². The number of unbranched alkanes of at least 4 members (excludes halogenated alkanes) is 46. The van der Waals surface area contributed by atoms with E-state index >= 15 is 0 Å². The minimum atomic E-state index is -4.61. The molecular formula is C68H133N2O6P. The maximum Gasteiger partial charge on any atom is 0.268 e. The molecule has 456 valence electrons. The van der Waals surface area contributed by atoms with Crippen molar-refractivity contribution in [2.24, 2.45) is 0 Å². The zero-order valence-corrected chi connectivity index (χ0v) is 53.1. The normalized spacial score (nSPS) is 13.9. The molecule has 0 aliphatic rings. The largest absolute Gasteiger partial charge is 0.756 e. The van der Waals surface area contributed by atoms with Gasteiger partial charge in [-0.05, 0) is 57.8 Å². The first kappa shape index (κ1) is 75.7. The molecule has 0 rings (SSSR count). The molecular weight excluding hydrogens is 972 g/mol. The smallest absolute Gasteiger partial charge is 0.268 e. The Hall–Kier alpha value is -1.28. The molecule has 0 spiro atoms. The van der Waals surface area contributed by atoms with Crippen molar-refractivity contribution in [2.45, 2.75) is 353 Å². The molecule has 0 saturated carbocycles. The maximum atomic E-state index is 13.0. The third-order valence-corrected chi connectivity index (χ3v) is 16.5. The number of aliphatic hydroxyl groups excluding tert-OH is 1. The van der Waals surface area contributed by atoms with E-state index < -0.39 is 20.0 Å². The number of quaternary nitrogens is 1. The molecule has 0 aromatic rings. The second-order valence-electron chi connectivity index (χ2n) is 24.5. The van der Waals surface area contributed by atoms with Gasteiger partial charge in [0.05, 0.1) is 39.9 Å². The van der Waals surface area contributed by atoms with Crippen LogP contribution in [0.4, 0.5) is 0 Å². The van der Waals surface area contributed by atoms with E-state index in [-0.39, 0.29) is 19.1 Å². The van der Waals surface area contributed by atoms with Crippen LogP contribution >= 0.6 is 7.82 Å². The number of hydrogen-bond donors (Lipinski definition) is 2. The molecule has 3 unspecified atom stereocenters. The van der Waals surface area contributed by atoms with Crippen LogP contribution in [0.5, 0.6) is 0 Å². The first-order valence-corrected chi connectivity index (χ1v) is 35.3. The highest BCUT2D eigenvalue weighted by atomic mass is 31.2. The van der Waals surface area contributed by atoms with Gasteiger partial charge in [0.1, 0.15) is 13.2 Å². The standard InChI is InChI=1S/C68H133N2O6P/c1-6-8-10-12-14-16-18-20-22-24-26-28-30-31-32-33-34-35-36-37-38-39-40-42-44-46-48-50-52-54-56-58-60-62-68(72)69-66(65-76-77(73,74)75-64-63-70(3,4)5)67(71)61-59-57-55-53-51-49-47-45-43-41-29-27-25-23-21-19-17-15-13-11-9-7-2/h31-32,51,53,59,61,66-67,71H,6-30,33-50,52,54-58,60,62-65H2,1-5H3,(H-,69,72,73,74)/b32-31-,53-51+,61-59+. The quantitative estimate of drug-likeness (QED) is 0.0272.